The van der Waals surface area contributed by atoms with Crippen molar-refractivity contribution in [3.8, 4) is 22.3 Å². The molecule has 1 fully saturated rings. The van der Waals surface area contributed by atoms with E-state index in [1.807, 2.05) is 19.1 Å². The lowest BCUT2D eigenvalue weighted by Gasteiger charge is -2.30. The molecule has 0 unspecified atom stereocenters. The minimum absolute atomic E-state index is 0.0950. The molecule has 202 valence electrons. The molecule has 0 N–H and O–H groups in total. The summed E-state index contributed by atoms with van der Waals surface area (Å²) in [5, 5.41) is 0. The van der Waals surface area contributed by atoms with Gasteiger partial charge in [0.25, 0.3) is 0 Å². The molecule has 0 aromatic heterocycles. The Balaban J connectivity index is 1.48. The molecular weight excluding hydrogens is 492 g/mol. The highest BCUT2D eigenvalue weighted by atomic mass is 19.2. The van der Waals surface area contributed by atoms with E-state index in [4.69, 9.17) is 9.47 Å². The second-order valence-corrected chi connectivity index (χ2v) is 9.70. The van der Waals surface area contributed by atoms with Crippen molar-refractivity contribution in [3.05, 3.63) is 95.1 Å². The number of allylic oxidation sites excluding steroid dienone is 2. The third kappa shape index (κ3) is 6.36. The van der Waals surface area contributed by atoms with Crippen LogP contribution in [0.15, 0.2) is 60.7 Å². The summed E-state index contributed by atoms with van der Waals surface area (Å²) in [4.78, 5) is 0. The molecule has 0 amide bonds. The van der Waals surface area contributed by atoms with Crippen LogP contribution in [0.25, 0.3) is 22.3 Å². The largest absolute Gasteiger partial charge is 0.352 e. The van der Waals surface area contributed by atoms with Gasteiger partial charge in [0.1, 0.15) is 0 Å². The quantitative estimate of drug-likeness (QED) is 0.149. The molecule has 3 aromatic rings. The molecule has 1 aliphatic heterocycles. The Morgan fingerprint density at radius 2 is 1.37 bits per heavy atom. The van der Waals surface area contributed by atoms with E-state index in [9.17, 15) is 8.78 Å². The Hall–Kier alpha value is -2.96. The third-order valence-corrected chi connectivity index (χ3v) is 7.04. The smallest absolute Gasteiger partial charge is 0.166 e. The zero-order valence-electron chi connectivity index (χ0n) is 21.9. The summed E-state index contributed by atoms with van der Waals surface area (Å²) < 4.78 is 71.0. The Labute approximate surface area is 222 Å². The van der Waals surface area contributed by atoms with Crippen molar-refractivity contribution in [1.29, 1.82) is 0 Å². The molecule has 0 atom stereocenters. The summed E-state index contributed by atoms with van der Waals surface area (Å²) in [6, 6.07) is 12.6. The van der Waals surface area contributed by atoms with E-state index < -0.39 is 29.2 Å². The number of halogens is 4. The number of benzene rings is 3. The van der Waals surface area contributed by atoms with E-state index >= 15 is 8.78 Å². The molecule has 4 rings (SSSR count). The van der Waals surface area contributed by atoms with Crippen LogP contribution in [0.1, 0.15) is 63.0 Å². The van der Waals surface area contributed by atoms with Gasteiger partial charge in [0.05, 0.1) is 13.2 Å². The molecule has 2 nitrogen and oxygen atoms in total. The second kappa shape index (κ2) is 13.2. The van der Waals surface area contributed by atoms with Crippen LogP contribution in [0.3, 0.4) is 0 Å². The van der Waals surface area contributed by atoms with Gasteiger partial charge in [-0.3, -0.25) is 0 Å². The van der Waals surface area contributed by atoms with Crippen LogP contribution in [-0.4, -0.2) is 19.5 Å². The predicted molar refractivity (Wildman–Crippen MR) is 143 cm³/mol. The van der Waals surface area contributed by atoms with Gasteiger partial charge in [-0.15, -0.1) is 0 Å². The lowest BCUT2D eigenvalue weighted by atomic mass is 9.94. The van der Waals surface area contributed by atoms with Crippen LogP contribution in [-0.2, 0) is 15.9 Å². The lowest BCUT2D eigenvalue weighted by molar-refractivity contribution is -0.189. The van der Waals surface area contributed by atoms with E-state index in [1.165, 1.54) is 6.07 Å². The molecular formula is C32H34F4O2. The molecule has 0 saturated carbocycles. The van der Waals surface area contributed by atoms with E-state index in [1.54, 1.807) is 42.5 Å². The maximum atomic E-state index is 15.1. The van der Waals surface area contributed by atoms with Gasteiger partial charge in [-0.2, -0.15) is 0 Å². The zero-order valence-corrected chi connectivity index (χ0v) is 21.9. The first-order chi connectivity index (χ1) is 18.4. The van der Waals surface area contributed by atoms with Crippen LogP contribution in [0.5, 0.6) is 0 Å². The maximum absolute atomic E-state index is 15.1. The summed E-state index contributed by atoms with van der Waals surface area (Å²) in [7, 11) is 0. The van der Waals surface area contributed by atoms with Gasteiger partial charge in [0, 0.05) is 23.5 Å². The monoisotopic (exact) mass is 526 g/mol. The van der Waals surface area contributed by atoms with Crippen molar-refractivity contribution in [2.45, 2.75) is 64.6 Å². The van der Waals surface area contributed by atoms with Crippen molar-refractivity contribution < 1.29 is 27.0 Å². The van der Waals surface area contributed by atoms with E-state index in [0.29, 0.717) is 29.5 Å². The molecule has 0 aliphatic carbocycles. The van der Waals surface area contributed by atoms with E-state index in [0.717, 1.165) is 25.7 Å². The van der Waals surface area contributed by atoms with Crippen molar-refractivity contribution in [3.63, 3.8) is 0 Å². The van der Waals surface area contributed by atoms with Crippen LogP contribution in [0.2, 0.25) is 0 Å². The van der Waals surface area contributed by atoms with Gasteiger partial charge in [-0.05, 0) is 48.4 Å². The van der Waals surface area contributed by atoms with Crippen molar-refractivity contribution >= 4 is 0 Å². The first-order valence-corrected chi connectivity index (χ1v) is 13.3. The van der Waals surface area contributed by atoms with Gasteiger partial charge < -0.3 is 9.47 Å². The van der Waals surface area contributed by atoms with E-state index in [2.05, 4.69) is 6.92 Å². The molecule has 6 heteroatoms. The highest BCUT2D eigenvalue weighted by Gasteiger charge is 2.27. The summed E-state index contributed by atoms with van der Waals surface area (Å²) >= 11 is 0. The normalized spacial score (nSPS) is 17.8. The van der Waals surface area contributed by atoms with Crippen LogP contribution >= 0.6 is 0 Å². The van der Waals surface area contributed by atoms with Crippen LogP contribution in [0.4, 0.5) is 17.6 Å². The Bertz CT molecular complexity index is 1250. The van der Waals surface area contributed by atoms with Crippen LogP contribution < -0.4 is 0 Å². The maximum Gasteiger partial charge on any atom is 0.166 e. The summed E-state index contributed by atoms with van der Waals surface area (Å²) in [5.41, 5.74) is 1.71. The summed E-state index contributed by atoms with van der Waals surface area (Å²) in [6.07, 6.45) is 8.45. The number of ether oxygens (including phenoxy) is 2. The second-order valence-electron chi connectivity index (χ2n) is 9.70. The van der Waals surface area contributed by atoms with Crippen molar-refractivity contribution in [2.75, 3.05) is 13.2 Å². The van der Waals surface area contributed by atoms with Crippen molar-refractivity contribution in [1.82, 2.24) is 0 Å². The molecule has 0 radical (unpaired) electrons. The highest BCUT2D eigenvalue weighted by Crippen LogP contribution is 2.34. The Kier molecular flexibility index (Phi) is 9.75. The van der Waals surface area contributed by atoms with E-state index in [-0.39, 0.29) is 36.2 Å². The van der Waals surface area contributed by atoms with Gasteiger partial charge in [-0.1, -0.05) is 80.4 Å². The zero-order chi connectivity index (χ0) is 27.1. The molecule has 1 saturated heterocycles. The standard InChI is InChI=1S/C32H34F4O2/c1-3-5-7-9-23-15-16-25(30(34)29(23)33)21-11-13-22(14-12-21)26-17-18-27(32(36)31(26)35)24-19-37-28(38-20-24)10-8-6-4-2/h4,6,11-18,24,28H,3,5,7-10,19-20H2,1-2H3. The predicted octanol–water partition coefficient (Wildman–Crippen LogP) is 9.12. The van der Waals surface area contributed by atoms with Gasteiger partial charge >= 0.3 is 0 Å². The fraction of sp³-hybridized carbons (Fsp3) is 0.375. The molecule has 0 bridgehead atoms. The van der Waals surface area contributed by atoms with Crippen molar-refractivity contribution in [2.24, 2.45) is 0 Å². The van der Waals surface area contributed by atoms with Gasteiger partial charge in [0.2, 0.25) is 0 Å². The van der Waals surface area contributed by atoms with Gasteiger partial charge in [0.15, 0.2) is 29.6 Å². The molecule has 3 aromatic carbocycles. The molecule has 1 heterocycles. The Morgan fingerprint density at radius 1 is 0.763 bits per heavy atom. The average molecular weight is 527 g/mol. The minimum Gasteiger partial charge on any atom is -0.352 e. The fourth-order valence-corrected chi connectivity index (χ4v) is 4.79. The number of hydrogen-bond donors (Lipinski definition) is 0. The Morgan fingerprint density at radius 3 is 1.97 bits per heavy atom. The summed E-state index contributed by atoms with van der Waals surface area (Å²) in [6.45, 7) is 4.51. The fourth-order valence-electron chi connectivity index (χ4n) is 4.79. The number of hydrogen-bond acceptors (Lipinski definition) is 2. The van der Waals surface area contributed by atoms with Crippen LogP contribution in [0, 0.1) is 23.3 Å². The number of rotatable bonds is 10. The molecule has 38 heavy (non-hydrogen) atoms. The minimum atomic E-state index is -0.959. The first-order valence-electron chi connectivity index (χ1n) is 13.3. The SMILES string of the molecule is CC=CCCC1OCC(c2ccc(-c3ccc(-c4ccc(CCCCC)c(F)c4F)cc3)c(F)c2F)CO1. The number of aryl methyl sites for hydroxylation is 1. The average Bonchev–Trinajstić information content (AvgIpc) is 2.94. The number of unbranched alkanes of at least 4 members (excludes halogenated alkanes) is 2. The molecule has 1 aliphatic rings. The van der Waals surface area contributed by atoms with Gasteiger partial charge in [-0.25, -0.2) is 17.6 Å². The first kappa shape index (κ1) is 28.1. The lowest BCUT2D eigenvalue weighted by Crippen LogP contribution is -2.31. The highest BCUT2D eigenvalue weighted by molar-refractivity contribution is 5.71. The third-order valence-electron chi connectivity index (χ3n) is 7.04. The summed E-state index contributed by atoms with van der Waals surface area (Å²) in [5.74, 6) is -4.01. The topological polar surface area (TPSA) is 18.5 Å². The molecule has 0 spiro atoms.